The maximum Gasteiger partial charge on any atom is 0.499 e. The molecule has 2 heterocycles. The lowest BCUT2D eigenvalue weighted by molar-refractivity contribution is 0.00578. The summed E-state index contributed by atoms with van der Waals surface area (Å²) in [5, 5.41) is 3.14. The van der Waals surface area contributed by atoms with Crippen LogP contribution in [0.1, 0.15) is 48.5 Å². The highest BCUT2D eigenvalue weighted by molar-refractivity contribution is 6.62. The third kappa shape index (κ3) is 3.38. The second kappa shape index (κ2) is 4.95. The van der Waals surface area contributed by atoms with E-state index in [1.165, 1.54) is 0 Å². The van der Waals surface area contributed by atoms with Gasteiger partial charge >= 0.3 is 7.12 Å². The molecule has 116 valence electrons. The van der Waals surface area contributed by atoms with Crippen molar-refractivity contribution in [1.82, 2.24) is 4.98 Å². The van der Waals surface area contributed by atoms with Gasteiger partial charge in [0.2, 0.25) is 5.95 Å². The zero-order chi connectivity index (χ0) is 16.1. The Morgan fingerprint density at radius 2 is 1.62 bits per heavy atom. The van der Waals surface area contributed by atoms with E-state index in [1.807, 2.05) is 48.5 Å². The van der Waals surface area contributed by atoms with Crippen LogP contribution in [-0.2, 0) is 9.31 Å². The molecular weight excluding hydrogens is 270 g/mol. The zero-order valence-corrected chi connectivity index (χ0v) is 13.9. The van der Waals surface area contributed by atoms with Crippen LogP contribution < -0.4 is 10.8 Å². The van der Waals surface area contributed by atoms with Crippen molar-refractivity contribution >= 4 is 18.4 Å². The largest absolute Gasteiger partial charge is 0.499 e. The van der Waals surface area contributed by atoms with E-state index in [0.717, 1.165) is 0 Å². The molecule has 2 rings (SSSR count). The van der Waals surface area contributed by atoms with Crippen LogP contribution >= 0.6 is 0 Å². The lowest BCUT2D eigenvalue weighted by Crippen LogP contribution is -2.41. The van der Waals surface area contributed by atoms with E-state index in [2.05, 4.69) is 10.3 Å². The minimum atomic E-state index is -0.730. The topological polar surface area (TPSA) is 43.4 Å². The summed E-state index contributed by atoms with van der Waals surface area (Å²) >= 11 is 0. The maximum atomic E-state index is 14.3. The van der Waals surface area contributed by atoms with Crippen LogP contribution in [0.5, 0.6) is 0 Å². The molecule has 21 heavy (non-hydrogen) atoms. The van der Waals surface area contributed by atoms with Crippen molar-refractivity contribution < 1.29 is 13.7 Å². The summed E-state index contributed by atoms with van der Waals surface area (Å²) in [6.07, 6.45) is 0. The standard InChI is InChI=1S/C15H24BFN2O2/c1-13(2,3)19-11-9-8-10(12(17)18-11)16-20-14(4,5)15(6,7)21-16/h8-9H,1-7H3,(H,18,19). The van der Waals surface area contributed by atoms with Gasteiger partial charge in [0.25, 0.3) is 0 Å². The molecule has 6 heteroatoms. The molecule has 0 bridgehead atoms. The monoisotopic (exact) mass is 294 g/mol. The van der Waals surface area contributed by atoms with Gasteiger partial charge in [-0.2, -0.15) is 4.39 Å². The second-order valence-electron chi connectivity index (χ2n) is 7.54. The Morgan fingerprint density at radius 1 is 1.10 bits per heavy atom. The molecule has 0 saturated carbocycles. The van der Waals surface area contributed by atoms with Crippen molar-refractivity contribution in [3.8, 4) is 0 Å². The smallest absolute Gasteiger partial charge is 0.399 e. The summed E-state index contributed by atoms with van der Waals surface area (Å²) in [7, 11) is -0.730. The SMILES string of the molecule is CC(C)(C)Nc1ccc(B2OC(C)(C)C(C)(C)O2)c(F)n1. The predicted molar refractivity (Wildman–Crippen MR) is 83.3 cm³/mol. The van der Waals surface area contributed by atoms with E-state index in [-0.39, 0.29) is 5.54 Å². The molecule has 0 amide bonds. The third-order valence-electron chi connectivity index (χ3n) is 3.89. The van der Waals surface area contributed by atoms with E-state index in [0.29, 0.717) is 11.3 Å². The molecule has 0 unspecified atom stereocenters. The lowest BCUT2D eigenvalue weighted by Gasteiger charge is -2.32. The van der Waals surface area contributed by atoms with E-state index >= 15 is 0 Å². The second-order valence-corrected chi connectivity index (χ2v) is 7.54. The minimum Gasteiger partial charge on any atom is -0.399 e. The van der Waals surface area contributed by atoms with Crippen LogP contribution in [-0.4, -0.2) is 28.8 Å². The van der Waals surface area contributed by atoms with E-state index in [9.17, 15) is 4.39 Å². The van der Waals surface area contributed by atoms with Crippen LogP contribution in [0.3, 0.4) is 0 Å². The molecule has 1 saturated heterocycles. The first kappa shape index (κ1) is 16.2. The Bertz CT molecular complexity index is 525. The number of rotatable bonds is 2. The van der Waals surface area contributed by atoms with E-state index in [4.69, 9.17) is 9.31 Å². The van der Waals surface area contributed by atoms with Gasteiger partial charge in [-0.25, -0.2) is 4.98 Å². The number of hydrogen-bond donors (Lipinski definition) is 1. The van der Waals surface area contributed by atoms with Crippen LogP contribution in [0.2, 0.25) is 0 Å². The Kier molecular flexibility index (Phi) is 3.83. The minimum absolute atomic E-state index is 0.175. The summed E-state index contributed by atoms with van der Waals surface area (Å²) in [6.45, 7) is 13.7. The van der Waals surface area contributed by atoms with Gasteiger partial charge in [0.15, 0.2) is 0 Å². The lowest BCUT2D eigenvalue weighted by atomic mass is 9.80. The molecule has 0 spiro atoms. The molecule has 1 aliphatic rings. The van der Waals surface area contributed by atoms with Crippen LogP contribution in [0.25, 0.3) is 0 Å². The van der Waals surface area contributed by atoms with E-state index < -0.39 is 24.3 Å². The van der Waals surface area contributed by atoms with Crippen LogP contribution in [0, 0.1) is 5.95 Å². The molecule has 0 radical (unpaired) electrons. The highest BCUT2D eigenvalue weighted by Gasteiger charge is 2.52. The highest BCUT2D eigenvalue weighted by atomic mass is 19.1. The highest BCUT2D eigenvalue weighted by Crippen LogP contribution is 2.36. The van der Waals surface area contributed by atoms with Gasteiger partial charge < -0.3 is 14.6 Å². The van der Waals surface area contributed by atoms with Crippen LogP contribution in [0.4, 0.5) is 10.2 Å². The Hall–Kier alpha value is -1.14. The molecule has 1 aromatic heterocycles. The summed E-state index contributed by atoms with van der Waals surface area (Å²) in [4.78, 5) is 3.96. The fourth-order valence-corrected chi connectivity index (χ4v) is 2.04. The zero-order valence-electron chi connectivity index (χ0n) is 13.9. The van der Waals surface area contributed by atoms with Gasteiger partial charge in [0.1, 0.15) is 5.82 Å². The Balaban J connectivity index is 2.23. The van der Waals surface area contributed by atoms with Crippen molar-refractivity contribution in [1.29, 1.82) is 0 Å². The van der Waals surface area contributed by atoms with Gasteiger partial charge in [-0.05, 0) is 54.5 Å². The molecule has 0 atom stereocenters. The van der Waals surface area contributed by atoms with Gasteiger partial charge in [0.05, 0.1) is 11.2 Å². The number of halogens is 1. The summed E-state index contributed by atoms with van der Waals surface area (Å²) in [5.41, 5.74) is -0.836. The number of nitrogens with zero attached hydrogens (tertiary/aromatic N) is 1. The molecule has 4 nitrogen and oxygen atoms in total. The fourth-order valence-electron chi connectivity index (χ4n) is 2.04. The van der Waals surface area contributed by atoms with Crippen molar-refractivity contribution in [3.63, 3.8) is 0 Å². The molecule has 1 N–H and O–H groups in total. The van der Waals surface area contributed by atoms with E-state index in [1.54, 1.807) is 12.1 Å². The molecule has 1 aromatic rings. The molecule has 0 aromatic carbocycles. The molecule has 1 aliphatic heterocycles. The molecule has 1 fully saturated rings. The third-order valence-corrected chi connectivity index (χ3v) is 3.89. The fraction of sp³-hybridized carbons (Fsp3) is 0.667. The average Bonchev–Trinajstić information content (AvgIpc) is 2.45. The number of anilines is 1. The Labute approximate surface area is 126 Å². The normalized spacial score (nSPS) is 20.7. The Morgan fingerprint density at radius 3 is 2.05 bits per heavy atom. The van der Waals surface area contributed by atoms with Gasteiger partial charge in [0, 0.05) is 11.0 Å². The first-order chi connectivity index (χ1) is 9.41. The molecular formula is C15H24BFN2O2. The number of pyridine rings is 1. The van der Waals surface area contributed by atoms with Crippen molar-refractivity contribution in [2.75, 3.05) is 5.32 Å². The van der Waals surface area contributed by atoms with Gasteiger partial charge in [-0.15, -0.1) is 0 Å². The quantitative estimate of drug-likeness (QED) is 0.673. The van der Waals surface area contributed by atoms with Gasteiger partial charge in [-0.3, -0.25) is 0 Å². The number of hydrogen-bond acceptors (Lipinski definition) is 4. The number of nitrogens with one attached hydrogen (secondary N) is 1. The average molecular weight is 294 g/mol. The maximum absolute atomic E-state index is 14.3. The number of aromatic nitrogens is 1. The summed E-state index contributed by atoms with van der Waals surface area (Å²) < 4.78 is 26.0. The summed E-state index contributed by atoms with van der Waals surface area (Å²) in [6, 6.07) is 3.41. The van der Waals surface area contributed by atoms with Crippen molar-refractivity contribution in [3.05, 3.63) is 18.1 Å². The van der Waals surface area contributed by atoms with Crippen LogP contribution in [0.15, 0.2) is 12.1 Å². The predicted octanol–water partition coefficient (Wildman–Crippen LogP) is 2.73. The first-order valence-electron chi connectivity index (χ1n) is 7.22. The van der Waals surface area contributed by atoms with Crippen molar-refractivity contribution in [2.45, 2.75) is 65.2 Å². The first-order valence-corrected chi connectivity index (χ1v) is 7.22. The van der Waals surface area contributed by atoms with Gasteiger partial charge in [-0.1, -0.05) is 6.07 Å². The summed E-state index contributed by atoms with van der Waals surface area (Å²) in [5.74, 6) is -0.0667. The van der Waals surface area contributed by atoms with Crippen molar-refractivity contribution in [2.24, 2.45) is 0 Å². The molecule has 0 aliphatic carbocycles.